The van der Waals surface area contributed by atoms with E-state index in [-0.39, 0.29) is 6.61 Å². The second-order valence-electron chi connectivity index (χ2n) is 6.39. The van der Waals surface area contributed by atoms with Gasteiger partial charge in [0, 0.05) is 31.4 Å². The molecule has 1 aromatic heterocycles. The van der Waals surface area contributed by atoms with Gasteiger partial charge in [0.25, 0.3) is 0 Å². The van der Waals surface area contributed by atoms with Gasteiger partial charge in [-0.2, -0.15) is 0 Å². The Morgan fingerprint density at radius 3 is 2.96 bits per heavy atom. The Labute approximate surface area is 149 Å². The molecule has 5 heteroatoms. The van der Waals surface area contributed by atoms with Crippen LogP contribution in [0.3, 0.4) is 0 Å². The second kappa shape index (κ2) is 8.32. The quantitative estimate of drug-likeness (QED) is 0.809. The maximum atomic E-state index is 9.61. The van der Waals surface area contributed by atoms with Gasteiger partial charge in [-0.3, -0.25) is 4.90 Å². The van der Waals surface area contributed by atoms with Crippen molar-refractivity contribution in [2.45, 2.75) is 39.0 Å². The van der Waals surface area contributed by atoms with Crippen LogP contribution in [0.5, 0.6) is 5.75 Å². The van der Waals surface area contributed by atoms with E-state index in [4.69, 9.17) is 4.74 Å². The summed E-state index contributed by atoms with van der Waals surface area (Å²) in [7, 11) is 1.90. The highest BCUT2D eigenvalue weighted by Gasteiger charge is 2.26. The first-order valence-corrected chi connectivity index (χ1v) is 8.98. The monoisotopic (exact) mass is 341 g/mol. The number of anilines is 1. The van der Waals surface area contributed by atoms with Crippen molar-refractivity contribution in [1.82, 2.24) is 9.88 Å². The molecule has 0 bridgehead atoms. The van der Waals surface area contributed by atoms with Gasteiger partial charge in [0.15, 0.2) is 0 Å². The third-order valence-electron chi connectivity index (χ3n) is 4.77. The van der Waals surface area contributed by atoms with E-state index < -0.39 is 0 Å². The number of rotatable bonds is 7. The molecule has 0 radical (unpaired) electrons. The van der Waals surface area contributed by atoms with Crippen LogP contribution >= 0.6 is 0 Å². The van der Waals surface area contributed by atoms with E-state index in [2.05, 4.69) is 39.5 Å². The van der Waals surface area contributed by atoms with Crippen LogP contribution in [-0.4, -0.2) is 35.2 Å². The van der Waals surface area contributed by atoms with E-state index in [0.29, 0.717) is 12.6 Å². The predicted molar refractivity (Wildman–Crippen MR) is 99.7 cm³/mol. The first kappa shape index (κ1) is 17.7. The number of hydrogen-bond donors (Lipinski definition) is 2. The van der Waals surface area contributed by atoms with E-state index >= 15 is 0 Å². The van der Waals surface area contributed by atoms with Crippen LogP contribution in [0.15, 0.2) is 36.5 Å². The topological polar surface area (TPSA) is 57.6 Å². The van der Waals surface area contributed by atoms with Crippen LogP contribution in [0.4, 0.5) is 5.82 Å². The summed E-state index contributed by atoms with van der Waals surface area (Å²) < 4.78 is 5.58. The second-order valence-corrected chi connectivity index (χ2v) is 6.39. The number of likely N-dealkylation sites (tertiary alicyclic amines) is 1. The molecular formula is C20H27N3O2. The molecule has 1 atom stereocenters. The number of hydrogen-bond acceptors (Lipinski definition) is 5. The van der Waals surface area contributed by atoms with Gasteiger partial charge in [0.2, 0.25) is 0 Å². The summed E-state index contributed by atoms with van der Waals surface area (Å²) in [5.41, 5.74) is 3.38. The minimum atomic E-state index is 0.00247. The Balaban J connectivity index is 1.77. The Morgan fingerprint density at radius 2 is 2.20 bits per heavy atom. The molecule has 0 aliphatic carbocycles. The molecule has 5 nitrogen and oxygen atoms in total. The molecule has 0 unspecified atom stereocenters. The smallest absolute Gasteiger partial charge is 0.125 e. The number of ether oxygens (including phenoxy) is 1. The number of pyridine rings is 1. The zero-order valence-electron chi connectivity index (χ0n) is 15.0. The summed E-state index contributed by atoms with van der Waals surface area (Å²) in [5, 5.41) is 12.7. The van der Waals surface area contributed by atoms with Gasteiger partial charge in [0.1, 0.15) is 11.6 Å². The third kappa shape index (κ3) is 4.11. The molecule has 2 aromatic rings. The first-order chi connectivity index (χ1) is 12.2. The van der Waals surface area contributed by atoms with Crippen LogP contribution < -0.4 is 10.1 Å². The van der Waals surface area contributed by atoms with Crippen LogP contribution in [0.2, 0.25) is 0 Å². The summed E-state index contributed by atoms with van der Waals surface area (Å²) in [4.78, 5) is 6.82. The number of nitrogens with one attached hydrogen (secondary N) is 1. The fourth-order valence-electron chi connectivity index (χ4n) is 3.57. The lowest BCUT2D eigenvalue weighted by atomic mass is 10.0. The molecule has 0 spiro atoms. The molecule has 2 N–H and O–H groups in total. The molecule has 1 aromatic carbocycles. The van der Waals surface area contributed by atoms with Crippen molar-refractivity contribution in [3.05, 3.63) is 53.2 Å². The summed E-state index contributed by atoms with van der Waals surface area (Å²) >= 11 is 0. The summed E-state index contributed by atoms with van der Waals surface area (Å²) in [6, 6.07) is 10.8. The Kier molecular flexibility index (Phi) is 5.89. The summed E-state index contributed by atoms with van der Waals surface area (Å²) in [6.07, 6.45) is 4.24. The molecule has 1 fully saturated rings. The molecule has 1 aliphatic rings. The largest absolute Gasteiger partial charge is 0.494 e. The number of aliphatic hydroxyl groups is 1. The maximum Gasteiger partial charge on any atom is 0.125 e. The fraction of sp³-hybridized carbons (Fsp3) is 0.450. The van der Waals surface area contributed by atoms with Gasteiger partial charge in [-0.1, -0.05) is 6.07 Å². The van der Waals surface area contributed by atoms with Gasteiger partial charge in [-0.05, 0) is 61.7 Å². The zero-order valence-corrected chi connectivity index (χ0v) is 15.0. The fourth-order valence-corrected chi connectivity index (χ4v) is 3.57. The van der Waals surface area contributed by atoms with Gasteiger partial charge < -0.3 is 15.2 Å². The van der Waals surface area contributed by atoms with Gasteiger partial charge >= 0.3 is 0 Å². The summed E-state index contributed by atoms with van der Waals surface area (Å²) in [6.45, 7) is 4.53. The molecule has 1 saturated heterocycles. The molecule has 134 valence electrons. The van der Waals surface area contributed by atoms with Crippen LogP contribution in [-0.2, 0) is 13.2 Å². The van der Waals surface area contributed by atoms with E-state index in [1.54, 1.807) is 0 Å². The molecular weight excluding hydrogens is 314 g/mol. The first-order valence-electron chi connectivity index (χ1n) is 8.98. The molecule has 0 amide bonds. The SMILES string of the molecule is CCOc1ccc(CN2CCC[C@H]2c2ccnc(NC)c2)cc1CO. The molecule has 3 rings (SSSR count). The van der Waals surface area contributed by atoms with Crippen LogP contribution in [0.25, 0.3) is 0 Å². The molecule has 1 aliphatic heterocycles. The van der Waals surface area contributed by atoms with Crippen molar-refractivity contribution in [3.8, 4) is 5.75 Å². The van der Waals surface area contributed by atoms with E-state index in [9.17, 15) is 5.11 Å². The van der Waals surface area contributed by atoms with E-state index in [1.807, 2.05) is 26.2 Å². The van der Waals surface area contributed by atoms with E-state index in [1.165, 1.54) is 17.5 Å². The van der Waals surface area contributed by atoms with Crippen LogP contribution in [0.1, 0.15) is 42.5 Å². The predicted octanol–water partition coefficient (Wildman–Crippen LogP) is 3.35. The van der Waals surface area contributed by atoms with E-state index in [0.717, 1.165) is 36.6 Å². The van der Waals surface area contributed by atoms with Gasteiger partial charge in [-0.25, -0.2) is 4.98 Å². The lowest BCUT2D eigenvalue weighted by Crippen LogP contribution is -2.23. The van der Waals surface area contributed by atoms with Crippen molar-refractivity contribution in [1.29, 1.82) is 0 Å². The number of benzene rings is 1. The maximum absolute atomic E-state index is 9.61. The zero-order chi connectivity index (χ0) is 17.6. The number of nitrogens with zero attached hydrogens (tertiary/aromatic N) is 2. The van der Waals surface area contributed by atoms with Gasteiger partial charge in [0.05, 0.1) is 13.2 Å². The number of aliphatic hydroxyl groups excluding tert-OH is 1. The average molecular weight is 341 g/mol. The Morgan fingerprint density at radius 1 is 1.32 bits per heavy atom. The third-order valence-corrected chi connectivity index (χ3v) is 4.77. The van der Waals surface area contributed by atoms with Crippen LogP contribution in [0, 0.1) is 0 Å². The van der Waals surface area contributed by atoms with Crippen molar-refractivity contribution in [2.24, 2.45) is 0 Å². The molecule has 0 saturated carbocycles. The highest BCUT2D eigenvalue weighted by atomic mass is 16.5. The summed E-state index contributed by atoms with van der Waals surface area (Å²) in [5.74, 6) is 1.69. The highest BCUT2D eigenvalue weighted by Crippen LogP contribution is 2.34. The van der Waals surface area contributed by atoms with Crippen molar-refractivity contribution >= 4 is 5.82 Å². The Bertz CT molecular complexity index is 705. The molecule has 2 heterocycles. The Hall–Kier alpha value is -2.11. The highest BCUT2D eigenvalue weighted by molar-refractivity contribution is 5.39. The standard InChI is InChI=1S/C20H27N3O2/c1-3-25-19-7-6-15(11-17(19)14-24)13-23-10-4-5-18(23)16-8-9-22-20(12-16)21-2/h6-9,11-12,18,24H,3-5,10,13-14H2,1-2H3,(H,21,22)/t18-/m0/s1. The lowest BCUT2D eigenvalue weighted by molar-refractivity contribution is 0.246. The van der Waals surface area contributed by atoms with Crippen molar-refractivity contribution in [2.75, 3.05) is 25.5 Å². The van der Waals surface area contributed by atoms with Crippen molar-refractivity contribution in [3.63, 3.8) is 0 Å². The minimum absolute atomic E-state index is 0.00247. The van der Waals surface area contributed by atoms with Gasteiger partial charge in [-0.15, -0.1) is 0 Å². The molecule has 25 heavy (non-hydrogen) atoms. The minimum Gasteiger partial charge on any atom is -0.494 e. The average Bonchev–Trinajstić information content (AvgIpc) is 3.11. The number of aromatic nitrogens is 1. The normalized spacial score (nSPS) is 17.6. The van der Waals surface area contributed by atoms with Crippen molar-refractivity contribution < 1.29 is 9.84 Å². The lowest BCUT2D eigenvalue weighted by Gasteiger charge is -2.25.